The van der Waals surface area contributed by atoms with Gasteiger partial charge in [-0.25, -0.2) is 19.6 Å². The van der Waals surface area contributed by atoms with Crippen molar-refractivity contribution in [2.24, 2.45) is 0 Å². The number of benzene rings is 2. The number of aromatic carboxylic acids is 1. The molecular formula is C28H22N4O4S. The molecule has 0 saturated heterocycles. The van der Waals surface area contributed by atoms with Crippen molar-refractivity contribution in [2.75, 3.05) is 12.0 Å². The summed E-state index contributed by atoms with van der Waals surface area (Å²) in [4.78, 5) is 29.8. The second kappa shape index (κ2) is 7.85. The number of thiophene rings is 1. The molecule has 184 valence electrons. The third kappa shape index (κ3) is 3.31. The molecule has 2 aromatic carbocycles. The standard InChI is InChI=1S/C28H22N4O4S/c33-28(34)16-7-5-15(6-8-16)25-29-26(23-22-18-2-1-3-19(18)24(22)37-27(23)30-25)31-32-11-10-14-4-9-20-17(12-14)13-21(35-20)36-32/h2,4-9,12,19,21H,1,3,10-11,13H2,(H,33,34)(H,29,30,31). The average molecular weight is 511 g/mol. The van der Waals surface area contributed by atoms with Crippen LogP contribution in [0.1, 0.15) is 50.7 Å². The molecule has 2 atom stereocenters. The van der Waals surface area contributed by atoms with Gasteiger partial charge in [-0.1, -0.05) is 35.5 Å². The first-order chi connectivity index (χ1) is 18.1. The molecule has 2 aromatic heterocycles. The second-order valence-corrected chi connectivity index (χ2v) is 10.9. The molecule has 0 amide bonds. The van der Waals surface area contributed by atoms with Crippen LogP contribution in [0.4, 0.5) is 5.82 Å². The normalized spacial score (nSPS) is 21.4. The first-order valence-corrected chi connectivity index (χ1v) is 13.3. The molecule has 3 bridgehead atoms. The molecule has 9 heteroatoms. The topological polar surface area (TPSA) is 96.8 Å². The van der Waals surface area contributed by atoms with E-state index in [1.165, 1.54) is 27.1 Å². The van der Waals surface area contributed by atoms with Crippen LogP contribution in [-0.4, -0.2) is 39.1 Å². The van der Waals surface area contributed by atoms with Gasteiger partial charge < -0.3 is 9.84 Å². The Morgan fingerprint density at radius 3 is 2.92 bits per heavy atom. The number of hydrogen-bond donors (Lipinski definition) is 2. The fraction of sp³-hybridized carbons (Fsp3) is 0.250. The van der Waals surface area contributed by atoms with Crippen LogP contribution < -0.4 is 10.2 Å². The summed E-state index contributed by atoms with van der Waals surface area (Å²) in [6, 6.07) is 13.0. The summed E-state index contributed by atoms with van der Waals surface area (Å²) in [7, 11) is 0. The Labute approximate surface area is 216 Å². The molecule has 2 unspecified atom stereocenters. The number of ether oxygens (including phenoxy) is 1. The number of hydrazine groups is 1. The number of nitrogens with zero attached hydrogens (tertiary/aromatic N) is 3. The lowest BCUT2D eigenvalue weighted by Crippen LogP contribution is -2.38. The second-order valence-electron chi connectivity index (χ2n) is 9.85. The number of carbonyl (C=O) groups is 1. The summed E-state index contributed by atoms with van der Waals surface area (Å²) in [5.74, 6) is 1.67. The van der Waals surface area contributed by atoms with Gasteiger partial charge in [-0.05, 0) is 48.6 Å². The summed E-state index contributed by atoms with van der Waals surface area (Å²) < 4.78 is 6.02. The maximum absolute atomic E-state index is 11.3. The van der Waals surface area contributed by atoms with Gasteiger partial charge in [0.25, 0.3) is 0 Å². The van der Waals surface area contributed by atoms with Crippen molar-refractivity contribution in [3.05, 3.63) is 75.7 Å². The van der Waals surface area contributed by atoms with Crippen LogP contribution in [-0.2, 0) is 17.7 Å². The summed E-state index contributed by atoms with van der Waals surface area (Å²) in [6.07, 6.45) is 5.72. The molecule has 2 N–H and O–H groups in total. The van der Waals surface area contributed by atoms with E-state index in [-0.39, 0.29) is 5.56 Å². The number of anilines is 1. The van der Waals surface area contributed by atoms with Gasteiger partial charge in [0.1, 0.15) is 10.6 Å². The van der Waals surface area contributed by atoms with Crippen LogP contribution in [0, 0.1) is 0 Å². The lowest BCUT2D eigenvalue weighted by molar-refractivity contribution is -0.234. The van der Waals surface area contributed by atoms with E-state index >= 15 is 0 Å². The summed E-state index contributed by atoms with van der Waals surface area (Å²) >= 11 is 1.73. The highest BCUT2D eigenvalue weighted by atomic mass is 32.1. The van der Waals surface area contributed by atoms with E-state index in [1.54, 1.807) is 40.8 Å². The van der Waals surface area contributed by atoms with Crippen LogP contribution in [0.2, 0.25) is 0 Å². The highest BCUT2D eigenvalue weighted by Crippen LogP contribution is 2.59. The number of allylic oxidation sites excluding steroid dienone is 2. The van der Waals surface area contributed by atoms with Gasteiger partial charge in [-0.15, -0.1) is 11.3 Å². The van der Waals surface area contributed by atoms with Crippen LogP contribution in [0.5, 0.6) is 5.75 Å². The molecule has 0 radical (unpaired) electrons. The first kappa shape index (κ1) is 21.3. The quantitative estimate of drug-likeness (QED) is 0.376. The molecule has 0 spiro atoms. The maximum atomic E-state index is 11.3. The summed E-state index contributed by atoms with van der Waals surface area (Å²) in [5.41, 5.74) is 9.54. The Balaban J connectivity index is 1.21. The highest BCUT2D eigenvalue weighted by Gasteiger charge is 2.40. The average Bonchev–Trinajstić information content (AvgIpc) is 3.59. The van der Waals surface area contributed by atoms with E-state index in [1.807, 2.05) is 6.07 Å². The van der Waals surface area contributed by atoms with Crippen LogP contribution in [0.25, 0.3) is 27.2 Å². The predicted octanol–water partition coefficient (Wildman–Crippen LogP) is 5.41. The number of aromatic nitrogens is 2. The predicted molar refractivity (Wildman–Crippen MR) is 139 cm³/mol. The van der Waals surface area contributed by atoms with Gasteiger partial charge in [0.15, 0.2) is 11.6 Å². The minimum Gasteiger partial charge on any atom is -0.478 e. The molecule has 37 heavy (non-hydrogen) atoms. The monoisotopic (exact) mass is 510 g/mol. The van der Waals surface area contributed by atoms with Crippen molar-refractivity contribution in [2.45, 2.75) is 37.9 Å². The van der Waals surface area contributed by atoms with E-state index in [4.69, 9.17) is 19.5 Å². The van der Waals surface area contributed by atoms with Gasteiger partial charge in [0.2, 0.25) is 6.29 Å². The number of rotatable bonds is 4. The molecule has 4 aliphatic rings. The zero-order valence-corrected chi connectivity index (χ0v) is 20.5. The number of carboxylic acid groups (broad SMARTS) is 1. The largest absolute Gasteiger partial charge is 0.478 e. The van der Waals surface area contributed by atoms with Crippen LogP contribution in [0.15, 0.2) is 48.5 Å². The number of nitrogens with one attached hydrogen (secondary N) is 1. The minimum atomic E-state index is -0.958. The smallest absolute Gasteiger partial charge is 0.335 e. The van der Waals surface area contributed by atoms with Crippen LogP contribution >= 0.6 is 11.3 Å². The fourth-order valence-electron chi connectivity index (χ4n) is 5.81. The van der Waals surface area contributed by atoms with E-state index in [9.17, 15) is 9.90 Å². The molecule has 8 rings (SSSR count). The van der Waals surface area contributed by atoms with Crippen molar-refractivity contribution < 1.29 is 19.5 Å². The van der Waals surface area contributed by atoms with Crippen molar-refractivity contribution >= 4 is 38.9 Å². The summed E-state index contributed by atoms with van der Waals surface area (Å²) in [5, 5.41) is 12.1. The third-order valence-corrected chi connectivity index (χ3v) is 8.82. The molecule has 4 heterocycles. The molecule has 2 aliphatic heterocycles. The van der Waals surface area contributed by atoms with Crippen molar-refractivity contribution in [1.82, 2.24) is 15.1 Å². The molecule has 0 fully saturated rings. The lowest BCUT2D eigenvalue weighted by atomic mass is 9.80. The van der Waals surface area contributed by atoms with Crippen LogP contribution in [0.3, 0.4) is 0 Å². The van der Waals surface area contributed by atoms with Crippen molar-refractivity contribution in [1.29, 1.82) is 0 Å². The Morgan fingerprint density at radius 1 is 1.16 bits per heavy atom. The maximum Gasteiger partial charge on any atom is 0.335 e. The molecule has 4 aromatic rings. The van der Waals surface area contributed by atoms with Crippen molar-refractivity contribution in [3.8, 4) is 17.1 Å². The van der Waals surface area contributed by atoms with E-state index in [2.05, 4.69) is 23.6 Å². The fourth-order valence-corrected chi connectivity index (χ4v) is 7.16. The summed E-state index contributed by atoms with van der Waals surface area (Å²) in [6.45, 7) is 0.616. The Hall–Kier alpha value is -3.79. The lowest BCUT2D eigenvalue weighted by Gasteiger charge is -2.28. The van der Waals surface area contributed by atoms with Gasteiger partial charge in [-0.2, -0.15) is 0 Å². The first-order valence-electron chi connectivity index (χ1n) is 12.5. The highest BCUT2D eigenvalue weighted by molar-refractivity contribution is 7.19. The zero-order valence-electron chi connectivity index (χ0n) is 19.7. The van der Waals surface area contributed by atoms with E-state index in [0.29, 0.717) is 30.5 Å². The number of fused-ring (bicyclic) bond motifs is 8. The minimum absolute atomic E-state index is 0.231. The van der Waals surface area contributed by atoms with Gasteiger partial charge in [-0.3, -0.25) is 5.43 Å². The van der Waals surface area contributed by atoms with Gasteiger partial charge in [0.05, 0.1) is 10.9 Å². The molecule has 0 saturated carbocycles. The van der Waals surface area contributed by atoms with Gasteiger partial charge in [0, 0.05) is 40.5 Å². The van der Waals surface area contributed by atoms with Gasteiger partial charge >= 0.3 is 5.97 Å². The molecular weight excluding hydrogens is 488 g/mol. The SMILES string of the molecule is O=C(O)c1ccc(-c2nc(NN3CCc4ccc5c(c4)CC(O5)O3)c3c4c(sc3n2)C2CCC=C42)cc1. The van der Waals surface area contributed by atoms with E-state index < -0.39 is 12.3 Å². The Kier molecular flexibility index (Phi) is 4.52. The Bertz CT molecular complexity index is 1640. The molecule has 8 nitrogen and oxygen atoms in total. The Morgan fingerprint density at radius 2 is 2.05 bits per heavy atom. The third-order valence-electron chi connectivity index (χ3n) is 7.62. The number of hydrogen-bond acceptors (Lipinski definition) is 8. The number of hydroxylamine groups is 1. The number of carboxylic acids is 1. The molecule has 2 aliphatic carbocycles. The van der Waals surface area contributed by atoms with E-state index in [0.717, 1.165) is 40.8 Å². The van der Waals surface area contributed by atoms with Crippen molar-refractivity contribution in [3.63, 3.8) is 0 Å². The zero-order chi connectivity index (χ0) is 24.7.